The highest BCUT2D eigenvalue weighted by atomic mass is 19.3. The Balaban J connectivity index is 1.24. The van der Waals surface area contributed by atoms with Crippen LogP contribution < -0.4 is 5.32 Å². The molecule has 170 valence electrons. The monoisotopic (exact) mass is 456 g/mol. The summed E-state index contributed by atoms with van der Waals surface area (Å²) in [6.45, 7) is 2.42. The smallest absolute Gasteiger partial charge is 0.314 e. The molecule has 0 atom stereocenters. The predicted octanol–water partition coefficient (Wildman–Crippen LogP) is 3.61. The number of nitrogens with one attached hydrogen (secondary N) is 1. The van der Waals surface area contributed by atoms with Crippen LogP contribution in [0.2, 0.25) is 0 Å². The molecule has 1 N–H and O–H groups in total. The largest absolute Gasteiger partial charge is 0.415 e. The molecule has 1 aliphatic heterocycles. The summed E-state index contributed by atoms with van der Waals surface area (Å²) in [7, 11) is 0. The lowest BCUT2D eigenvalue weighted by atomic mass is 10.1. The van der Waals surface area contributed by atoms with Crippen molar-refractivity contribution in [3.63, 3.8) is 0 Å². The molecular formula is C22H19F3N6O2. The van der Waals surface area contributed by atoms with Crippen LogP contribution in [0.1, 0.15) is 23.4 Å². The topological polar surface area (TPSA) is 90.9 Å². The number of alkyl halides is 2. The maximum absolute atomic E-state index is 14.6. The lowest BCUT2D eigenvalue weighted by molar-refractivity contribution is -0.00578. The molecule has 0 aliphatic carbocycles. The van der Waals surface area contributed by atoms with Gasteiger partial charge in [0.2, 0.25) is 5.89 Å². The third-order valence-corrected chi connectivity index (χ3v) is 5.28. The van der Waals surface area contributed by atoms with Gasteiger partial charge >= 0.3 is 6.43 Å². The molecule has 0 saturated carbocycles. The number of hydrogen-bond donors (Lipinski definition) is 1. The summed E-state index contributed by atoms with van der Waals surface area (Å²) in [6.07, 6.45) is -1.15. The normalized spacial score (nSPS) is 14.1. The van der Waals surface area contributed by atoms with Crippen molar-refractivity contribution >= 4 is 0 Å². The summed E-state index contributed by atoms with van der Waals surface area (Å²) in [5, 5.41) is 18.5. The second-order valence-electron chi connectivity index (χ2n) is 7.67. The van der Waals surface area contributed by atoms with E-state index < -0.39 is 18.1 Å². The Labute approximate surface area is 186 Å². The van der Waals surface area contributed by atoms with E-state index in [0.717, 1.165) is 30.9 Å². The maximum Gasteiger partial charge on any atom is 0.314 e. The molecule has 0 amide bonds. The van der Waals surface area contributed by atoms with Crippen LogP contribution in [0.25, 0.3) is 22.7 Å². The fourth-order valence-corrected chi connectivity index (χ4v) is 3.34. The van der Waals surface area contributed by atoms with Gasteiger partial charge in [-0.1, -0.05) is 35.5 Å². The van der Waals surface area contributed by atoms with E-state index in [1.807, 2.05) is 24.3 Å². The Morgan fingerprint density at radius 3 is 2.48 bits per heavy atom. The van der Waals surface area contributed by atoms with Crippen LogP contribution in [0.4, 0.5) is 13.2 Å². The van der Waals surface area contributed by atoms with Gasteiger partial charge in [-0.25, -0.2) is 9.07 Å². The summed E-state index contributed by atoms with van der Waals surface area (Å²) in [5.41, 5.74) is 3.30. The molecule has 0 bridgehead atoms. The molecule has 0 unspecified atom stereocenters. The number of halogens is 3. The third kappa shape index (κ3) is 4.78. The fraction of sp³-hybridized carbons (Fsp3) is 0.273. The van der Waals surface area contributed by atoms with Crippen molar-refractivity contribution in [1.82, 2.24) is 30.5 Å². The summed E-state index contributed by atoms with van der Waals surface area (Å²) < 4.78 is 51.4. The van der Waals surface area contributed by atoms with Gasteiger partial charge < -0.3 is 14.5 Å². The van der Waals surface area contributed by atoms with Gasteiger partial charge in [0, 0.05) is 23.2 Å². The Hall–Kier alpha value is -3.57. The average Bonchev–Trinajstić information content (AvgIpc) is 3.45. The van der Waals surface area contributed by atoms with E-state index in [1.54, 1.807) is 6.20 Å². The van der Waals surface area contributed by atoms with Crippen molar-refractivity contribution in [1.29, 1.82) is 0 Å². The zero-order valence-electron chi connectivity index (χ0n) is 17.3. The third-order valence-electron chi connectivity index (χ3n) is 5.28. The van der Waals surface area contributed by atoms with Crippen molar-refractivity contribution in [3.05, 3.63) is 71.5 Å². The van der Waals surface area contributed by atoms with Gasteiger partial charge in [-0.2, -0.15) is 8.78 Å². The lowest BCUT2D eigenvalue weighted by Crippen LogP contribution is -2.45. The SMILES string of the molecule is Fc1cc(-c2nnc(C(F)F)o2)ccc1Cn1cc(-c2ccc(CNC3COC3)cc2)nn1. The highest BCUT2D eigenvalue weighted by Gasteiger charge is 2.18. The highest BCUT2D eigenvalue weighted by Crippen LogP contribution is 2.25. The minimum Gasteiger partial charge on any atom is -0.415 e. The van der Waals surface area contributed by atoms with E-state index in [4.69, 9.17) is 9.15 Å². The summed E-state index contributed by atoms with van der Waals surface area (Å²) >= 11 is 0. The predicted molar refractivity (Wildman–Crippen MR) is 111 cm³/mol. The van der Waals surface area contributed by atoms with Crippen LogP contribution in [0, 0.1) is 5.82 Å². The van der Waals surface area contributed by atoms with Gasteiger partial charge in [-0.15, -0.1) is 15.3 Å². The molecule has 33 heavy (non-hydrogen) atoms. The van der Waals surface area contributed by atoms with Crippen LogP contribution in [0.3, 0.4) is 0 Å². The molecule has 0 radical (unpaired) electrons. The molecule has 1 saturated heterocycles. The summed E-state index contributed by atoms with van der Waals surface area (Å²) in [4.78, 5) is 0. The first-order valence-electron chi connectivity index (χ1n) is 10.3. The number of benzene rings is 2. The molecular weight excluding hydrogens is 437 g/mol. The van der Waals surface area contributed by atoms with Crippen molar-refractivity contribution in [2.75, 3.05) is 13.2 Å². The zero-order chi connectivity index (χ0) is 22.8. The lowest BCUT2D eigenvalue weighted by Gasteiger charge is -2.27. The Bertz CT molecular complexity index is 1240. The van der Waals surface area contributed by atoms with E-state index in [0.29, 0.717) is 17.3 Å². The molecule has 0 spiro atoms. The standard InChI is InChI=1S/C22H19F3N6O2/c23-18-7-15(21-28-29-22(33-21)20(24)25)5-6-16(18)9-31-10-19(27-30-31)14-3-1-13(2-4-14)8-26-17-11-32-12-17/h1-7,10,17,20,26H,8-9,11-12H2. The second kappa shape index (κ2) is 9.12. The molecule has 3 heterocycles. The van der Waals surface area contributed by atoms with E-state index in [9.17, 15) is 13.2 Å². The van der Waals surface area contributed by atoms with Gasteiger partial charge in [-0.3, -0.25) is 0 Å². The van der Waals surface area contributed by atoms with Crippen LogP contribution in [0.5, 0.6) is 0 Å². The maximum atomic E-state index is 14.6. The Kier molecular flexibility index (Phi) is 5.88. The molecule has 2 aromatic heterocycles. The first-order chi connectivity index (χ1) is 16.0. The van der Waals surface area contributed by atoms with E-state index in [1.165, 1.54) is 22.9 Å². The first kappa shape index (κ1) is 21.3. The first-order valence-corrected chi connectivity index (χ1v) is 10.3. The van der Waals surface area contributed by atoms with Crippen LogP contribution >= 0.6 is 0 Å². The highest BCUT2D eigenvalue weighted by molar-refractivity contribution is 5.58. The number of nitrogens with zero attached hydrogens (tertiary/aromatic N) is 5. The van der Waals surface area contributed by atoms with E-state index in [2.05, 4.69) is 25.8 Å². The van der Waals surface area contributed by atoms with E-state index in [-0.39, 0.29) is 18.0 Å². The fourth-order valence-electron chi connectivity index (χ4n) is 3.34. The molecule has 1 aliphatic rings. The van der Waals surface area contributed by atoms with Gasteiger partial charge in [0.1, 0.15) is 11.5 Å². The number of aromatic nitrogens is 5. The molecule has 1 fully saturated rings. The molecule has 5 rings (SSSR count). The molecule has 2 aromatic carbocycles. The Morgan fingerprint density at radius 1 is 1.03 bits per heavy atom. The molecule has 11 heteroatoms. The summed E-state index contributed by atoms with van der Waals surface area (Å²) in [6, 6.07) is 12.6. The number of rotatable bonds is 8. The van der Waals surface area contributed by atoms with Crippen molar-refractivity contribution in [2.45, 2.75) is 25.6 Å². The molecule has 4 aromatic rings. The van der Waals surface area contributed by atoms with Crippen LogP contribution in [-0.4, -0.2) is 44.4 Å². The van der Waals surface area contributed by atoms with E-state index >= 15 is 0 Å². The van der Waals surface area contributed by atoms with Crippen LogP contribution in [-0.2, 0) is 17.8 Å². The quantitative estimate of drug-likeness (QED) is 0.433. The minimum atomic E-state index is -2.88. The van der Waals surface area contributed by atoms with Gasteiger partial charge in [0.15, 0.2) is 0 Å². The van der Waals surface area contributed by atoms with Crippen molar-refractivity contribution < 1.29 is 22.3 Å². The average molecular weight is 456 g/mol. The Morgan fingerprint density at radius 2 is 1.82 bits per heavy atom. The zero-order valence-corrected chi connectivity index (χ0v) is 17.3. The number of ether oxygens (including phenoxy) is 1. The van der Waals surface area contributed by atoms with Crippen molar-refractivity contribution in [2.24, 2.45) is 0 Å². The summed E-state index contributed by atoms with van der Waals surface area (Å²) in [5.74, 6) is -1.52. The minimum absolute atomic E-state index is 0.149. The van der Waals surface area contributed by atoms with Crippen LogP contribution in [0.15, 0.2) is 53.1 Å². The van der Waals surface area contributed by atoms with Gasteiger partial charge in [-0.05, 0) is 17.7 Å². The molecule has 8 nitrogen and oxygen atoms in total. The second-order valence-corrected chi connectivity index (χ2v) is 7.67. The van der Waals surface area contributed by atoms with Crippen molar-refractivity contribution in [3.8, 4) is 22.7 Å². The number of hydrogen-bond acceptors (Lipinski definition) is 7. The van der Waals surface area contributed by atoms with Gasteiger partial charge in [0.05, 0.1) is 32.0 Å². The van der Waals surface area contributed by atoms with Gasteiger partial charge in [0.25, 0.3) is 5.89 Å².